The van der Waals surface area contributed by atoms with Gasteiger partial charge in [0.2, 0.25) is 5.91 Å². The van der Waals surface area contributed by atoms with Crippen molar-refractivity contribution in [3.63, 3.8) is 0 Å². The molecule has 0 radical (unpaired) electrons. The van der Waals surface area contributed by atoms with Gasteiger partial charge in [-0.25, -0.2) is 0 Å². The highest BCUT2D eigenvalue weighted by Crippen LogP contribution is 2.40. The minimum atomic E-state index is 0.130. The van der Waals surface area contributed by atoms with Crippen molar-refractivity contribution in [1.29, 1.82) is 0 Å². The standard InChI is InChI=1S/C31H39N5O2/c1-21(2)17-23-6-8-24(9-7-23)28-18-25-5-4-13-35(30(25)19-32-28)31-27-20-34(22(3)37)14-10-29(27)36(33-31)26-11-15-38-16-12-26/h6-9,18-19,21,26H,4-5,10-17,20H2,1-3H3. The summed E-state index contributed by atoms with van der Waals surface area (Å²) >= 11 is 0. The number of carbonyl (C=O) groups excluding carboxylic acids is 1. The van der Waals surface area contributed by atoms with Crippen molar-refractivity contribution in [3.05, 3.63) is 58.9 Å². The van der Waals surface area contributed by atoms with Gasteiger partial charge in [0, 0.05) is 56.5 Å². The van der Waals surface area contributed by atoms with E-state index in [1.54, 1.807) is 6.92 Å². The lowest BCUT2D eigenvalue weighted by Crippen LogP contribution is -2.36. The van der Waals surface area contributed by atoms with E-state index in [0.717, 1.165) is 87.6 Å². The Kier molecular flexibility index (Phi) is 6.95. The molecule has 0 N–H and O–H groups in total. The maximum atomic E-state index is 12.3. The number of hydrogen-bond acceptors (Lipinski definition) is 5. The molecule has 0 spiro atoms. The van der Waals surface area contributed by atoms with E-state index in [-0.39, 0.29) is 5.91 Å². The summed E-state index contributed by atoms with van der Waals surface area (Å²) in [7, 11) is 0. The molecule has 7 nitrogen and oxygen atoms in total. The molecule has 200 valence electrons. The van der Waals surface area contributed by atoms with Crippen molar-refractivity contribution in [2.45, 2.75) is 71.9 Å². The van der Waals surface area contributed by atoms with Crippen molar-refractivity contribution < 1.29 is 9.53 Å². The Hall–Kier alpha value is -3.19. The Balaban J connectivity index is 1.35. The predicted octanol–water partition coefficient (Wildman–Crippen LogP) is 5.48. The van der Waals surface area contributed by atoms with E-state index in [9.17, 15) is 4.79 Å². The maximum Gasteiger partial charge on any atom is 0.219 e. The number of fused-ring (bicyclic) bond motifs is 2. The van der Waals surface area contributed by atoms with Crippen molar-refractivity contribution in [2.75, 3.05) is 31.2 Å². The summed E-state index contributed by atoms with van der Waals surface area (Å²) in [4.78, 5) is 21.5. The van der Waals surface area contributed by atoms with Gasteiger partial charge in [-0.3, -0.25) is 14.5 Å². The number of aryl methyl sites for hydroxylation is 1. The fourth-order valence-corrected chi connectivity index (χ4v) is 6.29. The van der Waals surface area contributed by atoms with Crippen molar-refractivity contribution >= 4 is 17.4 Å². The first-order valence-corrected chi connectivity index (χ1v) is 14.3. The van der Waals surface area contributed by atoms with Crippen LogP contribution in [0, 0.1) is 5.92 Å². The highest BCUT2D eigenvalue weighted by molar-refractivity contribution is 5.75. The monoisotopic (exact) mass is 513 g/mol. The van der Waals surface area contributed by atoms with E-state index >= 15 is 0 Å². The maximum absolute atomic E-state index is 12.3. The molecular weight excluding hydrogens is 474 g/mol. The van der Waals surface area contributed by atoms with Crippen LogP contribution in [0.3, 0.4) is 0 Å². The Morgan fingerprint density at radius 3 is 2.63 bits per heavy atom. The number of amides is 1. The van der Waals surface area contributed by atoms with Gasteiger partial charge in [0.25, 0.3) is 0 Å². The average Bonchev–Trinajstić information content (AvgIpc) is 3.32. The summed E-state index contributed by atoms with van der Waals surface area (Å²) in [5, 5.41) is 5.27. The van der Waals surface area contributed by atoms with Gasteiger partial charge in [0.15, 0.2) is 5.82 Å². The molecule has 0 atom stereocenters. The Labute approximate surface area is 225 Å². The highest BCUT2D eigenvalue weighted by Gasteiger charge is 2.33. The molecule has 1 saturated heterocycles. The van der Waals surface area contributed by atoms with Crippen LogP contribution >= 0.6 is 0 Å². The van der Waals surface area contributed by atoms with Gasteiger partial charge in [-0.05, 0) is 55.2 Å². The third-order valence-corrected chi connectivity index (χ3v) is 8.28. The number of anilines is 2. The van der Waals surface area contributed by atoms with Gasteiger partial charge in [0.05, 0.1) is 30.2 Å². The molecule has 1 fully saturated rings. The zero-order chi connectivity index (χ0) is 26.2. The molecule has 1 aromatic carbocycles. The third-order valence-electron chi connectivity index (χ3n) is 8.28. The topological polar surface area (TPSA) is 63.5 Å². The summed E-state index contributed by atoms with van der Waals surface area (Å²) in [6.45, 7) is 10.0. The SMILES string of the molecule is CC(=O)N1CCc2c(c(N3CCCc4cc(-c5ccc(CC(C)C)cc5)ncc43)nn2C2CCOCC2)C1. The summed E-state index contributed by atoms with van der Waals surface area (Å²) in [6, 6.07) is 11.5. The molecule has 2 aromatic heterocycles. The molecule has 0 unspecified atom stereocenters. The first-order chi connectivity index (χ1) is 18.5. The van der Waals surface area contributed by atoms with Crippen molar-refractivity contribution in [2.24, 2.45) is 5.92 Å². The van der Waals surface area contributed by atoms with Gasteiger partial charge >= 0.3 is 0 Å². The van der Waals surface area contributed by atoms with Gasteiger partial charge in [-0.1, -0.05) is 38.1 Å². The highest BCUT2D eigenvalue weighted by atomic mass is 16.5. The molecule has 0 saturated carbocycles. The number of benzene rings is 1. The van der Waals surface area contributed by atoms with E-state index in [0.29, 0.717) is 18.5 Å². The number of ether oxygens (including phenoxy) is 1. The second-order valence-electron chi connectivity index (χ2n) is 11.5. The Morgan fingerprint density at radius 2 is 1.89 bits per heavy atom. The number of aromatic nitrogens is 3. The van der Waals surface area contributed by atoms with E-state index in [1.807, 2.05) is 11.1 Å². The van der Waals surface area contributed by atoms with Gasteiger partial charge < -0.3 is 14.5 Å². The molecule has 7 heteroatoms. The molecule has 0 bridgehead atoms. The molecular formula is C31H39N5O2. The minimum absolute atomic E-state index is 0.130. The van der Waals surface area contributed by atoms with Crippen LogP contribution in [0.1, 0.15) is 68.5 Å². The van der Waals surface area contributed by atoms with E-state index in [4.69, 9.17) is 14.8 Å². The van der Waals surface area contributed by atoms with Crippen LogP contribution in [0.15, 0.2) is 36.5 Å². The molecule has 3 aliphatic heterocycles. The molecule has 6 rings (SSSR count). The fourth-order valence-electron chi connectivity index (χ4n) is 6.29. The number of rotatable bonds is 5. The summed E-state index contributed by atoms with van der Waals surface area (Å²) in [6.07, 6.45) is 8.07. The fraction of sp³-hybridized carbons (Fsp3) is 0.516. The zero-order valence-corrected chi connectivity index (χ0v) is 22.9. The minimum Gasteiger partial charge on any atom is -0.381 e. The molecule has 38 heavy (non-hydrogen) atoms. The smallest absolute Gasteiger partial charge is 0.219 e. The van der Waals surface area contributed by atoms with Crippen molar-refractivity contribution in [3.8, 4) is 11.3 Å². The molecule has 3 aliphatic rings. The predicted molar refractivity (Wildman–Crippen MR) is 150 cm³/mol. The van der Waals surface area contributed by atoms with Gasteiger partial charge in [-0.15, -0.1) is 0 Å². The zero-order valence-electron chi connectivity index (χ0n) is 22.9. The number of pyridine rings is 1. The normalized spacial score (nSPS) is 18.0. The first-order valence-electron chi connectivity index (χ1n) is 14.3. The first kappa shape index (κ1) is 25.1. The summed E-state index contributed by atoms with van der Waals surface area (Å²) in [5.41, 5.74) is 8.53. The van der Waals surface area contributed by atoms with Gasteiger partial charge in [-0.2, -0.15) is 5.10 Å². The van der Waals surface area contributed by atoms with Crippen LogP contribution in [0.25, 0.3) is 11.3 Å². The average molecular weight is 514 g/mol. The van der Waals surface area contributed by atoms with Gasteiger partial charge in [0.1, 0.15) is 0 Å². The lowest BCUT2D eigenvalue weighted by molar-refractivity contribution is -0.129. The van der Waals surface area contributed by atoms with Crippen LogP contribution < -0.4 is 4.90 Å². The van der Waals surface area contributed by atoms with Crippen LogP contribution in [0.4, 0.5) is 11.5 Å². The van der Waals surface area contributed by atoms with Crippen molar-refractivity contribution in [1.82, 2.24) is 19.7 Å². The quantitative estimate of drug-likeness (QED) is 0.452. The third kappa shape index (κ3) is 4.84. The Morgan fingerprint density at radius 1 is 1.11 bits per heavy atom. The second kappa shape index (κ2) is 10.5. The van der Waals surface area contributed by atoms with E-state index in [2.05, 4.69) is 53.8 Å². The molecule has 3 aromatic rings. The van der Waals surface area contributed by atoms with E-state index < -0.39 is 0 Å². The van der Waals surface area contributed by atoms with Crippen LogP contribution in [0.2, 0.25) is 0 Å². The number of nitrogens with zero attached hydrogens (tertiary/aromatic N) is 5. The number of hydrogen-bond donors (Lipinski definition) is 0. The number of carbonyl (C=O) groups is 1. The largest absolute Gasteiger partial charge is 0.381 e. The summed E-state index contributed by atoms with van der Waals surface area (Å²) in [5.74, 6) is 1.79. The molecule has 1 amide bonds. The second-order valence-corrected chi connectivity index (χ2v) is 11.5. The van der Waals surface area contributed by atoms with Crippen LogP contribution in [-0.4, -0.2) is 51.9 Å². The van der Waals surface area contributed by atoms with Crippen LogP contribution in [0.5, 0.6) is 0 Å². The lowest BCUT2D eigenvalue weighted by Gasteiger charge is -2.32. The van der Waals surface area contributed by atoms with Crippen LogP contribution in [-0.2, 0) is 35.3 Å². The van der Waals surface area contributed by atoms with E-state index in [1.165, 1.54) is 22.4 Å². The summed E-state index contributed by atoms with van der Waals surface area (Å²) < 4.78 is 7.92. The Bertz CT molecular complexity index is 1310. The molecule has 5 heterocycles. The lowest BCUT2D eigenvalue weighted by atomic mass is 9.98. The molecule has 0 aliphatic carbocycles.